The van der Waals surface area contributed by atoms with Crippen LogP contribution in [0.5, 0.6) is 0 Å². The van der Waals surface area contributed by atoms with Crippen LogP contribution in [0.4, 0.5) is 0 Å². The molecule has 0 aliphatic heterocycles. The number of carbonyl (C=O) groups is 1. The summed E-state index contributed by atoms with van der Waals surface area (Å²) in [7, 11) is 0. The van der Waals surface area contributed by atoms with Crippen molar-refractivity contribution in [2.45, 2.75) is 26.2 Å². The predicted molar refractivity (Wildman–Crippen MR) is 49.5 cm³/mol. The van der Waals surface area contributed by atoms with Crippen molar-refractivity contribution in [1.82, 2.24) is 4.98 Å². The fraction of sp³-hybridized carbons (Fsp3) is 0.400. The molecule has 1 rings (SSSR count). The molecule has 0 atom stereocenters. The van der Waals surface area contributed by atoms with Gasteiger partial charge in [0.1, 0.15) is 0 Å². The molecule has 0 radical (unpaired) electrons. The van der Waals surface area contributed by atoms with Gasteiger partial charge < -0.3 is 5.11 Å². The first kappa shape index (κ1) is 9.71. The first-order valence-corrected chi connectivity index (χ1v) is 4.33. The van der Waals surface area contributed by atoms with E-state index >= 15 is 0 Å². The van der Waals surface area contributed by atoms with Crippen molar-refractivity contribution in [3.05, 3.63) is 29.6 Å². The molecule has 0 bridgehead atoms. The lowest BCUT2D eigenvalue weighted by Gasteiger charge is -1.99. The van der Waals surface area contributed by atoms with Gasteiger partial charge in [0.2, 0.25) is 0 Å². The van der Waals surface area contributed by atoms with Crippen LogP contribution in [-0.2, 0) is 11.2 Å². The maximum atomic E-state index is 10.2. The zero-order valence-electron chi connectivity index (χ0n) is 7.66. The summed E-state index contributed by atoms with van der Waals surface area (Å²) >= 11 is 0. The maximum absolute atomic E-state index is 10.2. The van der Waals surface area contributed by atoms with E-state index in [4.69, 9.17) is 5.11 Å². The standard InChI is InChI=1S/C10H13NO2/c1-8-4-2-5-9(11-8)6-3-7-10(12)13/h2,4-5H,3,6-7H2,1H3,(H,12,13). The summed E-state index contributed by atoms with van der Waals surface area (Å²) in [5, 5.41) is 8.43. The van der Waals surface area contributed by atoms with Crippen molar-refractivity contribution < 1.29 is 9.90 Å². The third-order valence-corrected chi connectivity index (χ3v) is 1.77. The molecule has 0 spiro atoms. The molecule has 0 aromatic carbocycles. The molecule has 1 N–H and O–H groups in total. The van der Waals surface area contributed by atoms with E-state index in [1.807, 2.05) is 25.1 Å². The highest BCUT2D eigenvalue weighted by molar-refractivity contribution is 5.66. The molecule has 1 aromatic rings. The Morgan fingerprint density at radius 1 is 1.54 bits per heavy atom. The van der Waals surface area contributed by atoms with E-state index in [9.17, 15) is 4.79 Å². The molecular formula is C10H13NO2. The predicted octanol–water partition coefficient (Wildman–Crippen LogP) is 1.80. The number of hydrogen-bond donors (Lipinski definition) is 1. The lowest BCUT2D eigenvalue weighted by atomic mass is 10.2. The molecule has 3 heteroatoms. The van der Waals surface area contributed by atoms with Crippen LogP contribution in [0.3, 0.4) is 0 Å². The molecule has 0 saturated carbocycles. The van der Waals surface area contributed by atoms with Crippen LogP contribution in [-0.4, -0.2) is 16.1 Å². The molecule has 1 aromatic heterocycles. The number of carboxylic acid groups (broad SMARTS) is 1. The Bertz CT molecular complexity index is 297. The van der Waals surface area contributed by atoms with E-state index in [2.05, 4.69) is 4.98 Å². The largest absolute Gasteiger partial charge is 0.481 e. The second-order valence-corrected chi connectivity index (χ2v) is 3.02. The number of pyridine rings is 1. The van der Waals surface area contributed by atoms with Gasteiger partial charge >= 0.3 is 5.97 Å². The molecule has 0 unspecified atom stereocenters. The fourth-order valence-corrected chi connectivity index (χ4v) is 1.16. The Labute approximate surface area is 77.4 Å². The number of aryl methyl sites for hydroxylation is 2. The number of carboxylic acids is 1. The second-order valence-electron chi connectivity index (χ2n) is 3.02. The van der Waals surface area contributed by atoms with Crippen LogP contribution in [0, 0.1) is 6.92 Å². The number of hydrogen-bond acceptors (Lipinski definition) is 2. The smallest absolute Gasteiger partial charge is 0.303 e. The van der Waals surface area contributed by atoms with Gasteiger partial charge in [-0.2, -0.15) is 0 Å². The van der Waals surface area contributed by atoms with Crippen LogP contribution in [0.1, 0.15) is 24.2 Å². The van der Waals surface area contributed by atoms with Gasteiger partial charge in [0.25, 0.3) is 0 Å². The molecule has 70 valence electrons. The van der Waals surface area contributed by atoms with Gasteiger partial charge in [-0.3, -0.25) is 9.78 Å². The number of aromatic nitrogens is 1. The summed E-state index contributed by atoms with van der Waals surface area (Å²) in [6.45, 7) is 1.93. The van der Waals surface area contributed by atoms with Gasteiger partial charge in [0.15, 0.2) is 0 Å². The first-order valence-electron chi connectivity index (χ1n) is 4.33. The SMILES string of the molecule is Cc1cccc(CCCC(=O)O)n1. The molecule has 3 nitrogen and oxygen atoms in total. The van der Waals surface area contributed by atoms with Gasteiger partial charge in [-0.1, -0.05) is 6.07 Å². The Balaban J connectivity index is 2.41. The van der Waals surface area contributed by atoms with Gasteiger partial charge in [-0.05, 0) is 31.9 Å². The minimum atomic E-state index is -0.743. The summed E-state index contributed by atoms with van der Waals surface area (Å²) in [6.07, 6.45) is 1.62. The van der Waals surface area contributed by atoms with E-state index in [0.717, 1.165) is 17.8 Å². The van der Waals surface area contributed by atoms with Crippen molar-refractivity contribution >= 4 is 5.97 Å². The van der Waals surface area contributed by atoms with Crippen LogP contribution < -0.4 is 0 Å². The highest BCUT2D eigenvalue weighted by atomic mass is 16.4. The Morgan fingerprint density at radius 2 is 2.31 bits per heavy atom. The minimum Gasteiger partial charge on any atom is -0.481 e. The number of rotatable bonds is 4. The van der Waals surface area contributed by atoms with Gasteiger partial charge in [0.05, 0.1) is 0 Å². The van der Waals surface area contributed by atoms with E-state index in [1.54, 1.807) is 0 Å². The molecule has 0 aliphatic rings. The fourth-order valence-electron chi connectivity index (χ4n) is 1.16. The molecule has 0 aliphatic carbocycles. The summed E-state index contributed by atoms with van der Waals surface area (Å²) < 4.78 is 0. The van der Waals surface area contributed by atoms with E-state index in [1.165, 1.54) is 0 Å². The van der Waals surface area contributed by atoms with Crippen molar-refractivity contribution in [3.8, 4) is 0 Å². The third-order valence-electron chi connectivity index (χ3n) is 1.77. The molecular weight excluding hydrogens is 166 g/mol. The summed E-state index contributed by atoms with van der Waals surface area (Å²) in [5.41, 5.74) is 1.95. The van der Waals surface area contributed by atoms with Gasteiger partial charge in [-0.25, -0.2) is 0 Å². The lowest BCUT2D eigenvalue weighted by Crippen LogP contribution is -1.97. The third kappa shape index (κ3) is 3.69. The zero-order valence-corrected chi connectivity index (χ0v) is 7.66. The first-order chi connectivity index (χ1) is 6.18. The Morgan fingerprint density at radius 3 is 2.92 bits per heavy atom. The lowest BCUT2D eigenvalue weighted by molar-refractivity contribution is -0.137. The Hall–Kier alpha value is -1.38. The van der Waals surface area contributed by atoms with E-state index < -0.39 is 5.97 Å². The highest BCUT2D eigenvalue weighted by Crippen LogP contribution is 2.03. The Kier molecular flexibility index (Phi) is 3.43. The molecule has 0 fully saturated rings. The van der Waals surface area contributed by atoms with E-state index in [0.29, 0.717) is 6.42 Å². The quantitative estimate of drug-likeness (QED) is 0.766. The normalized spacial score (nSPS) is 9.92. The van der Waals surface area contributed by atoms with Gasteiger partial charge in [0, 0.05) is 17.8 Å². The van der Waals surface area contributed by atoms with Crippen LogP contribution in [0.25, 0.3) is 0 Å². The van der Waals surface area contributed by atoms with Crippen LogP contribution in [0.2, 0.25) is 0 Å². The summed E-state index contributed by atoms with van der Waals surface area (Å²) in [5.74, 6) is -0.743. The van der Waals surface area contributed by atoms with Crippen LogP contribution >= 0.6 is 0 Å². The summed E-state index contributed by atoms with van der Waals surface area (Å²) in [6, 6.07) is 5.80. The van der Waals surface area contributed by atoms with Crippen molar-refractivity contribution in [2.75, 3.05) is 0 Å². The average Bonchev–Trinajstić information content (AvgIpc) is 2.03. The van der Waals surface area contributed by atoms with Crippen molar-refractivity contribution in [2.24, 2.45) is 0 Å². The summed E-state index contributed by atoms with van der Waals surface area (Å²) in [4.78, 5) is 14.5. The average molecular weight is 179 g/mol. The second kappa shape index (κ2) is 4.60. The number of aliphatic carboxylic acids is 1. The van der Waals surface area contributed by atoms with Gasteiger partial charge in [-0.15, -0.1) is 0 Å². The van der Waals surface area contributed by atoms with Crippen LogP contribution in [0.15, 0.2) is 18.2 Å². The molecule has 13 heavy (non-hydrogen) atoms. The van der Waals surface area contributed by atoms with Crippen molar-refractivity contribution in [1.29, 1.82) is 0 Å². The van der Waals surface area contributed by atoms with E-state index in [-0.39, 0.29) is 6.42 Å². The molecule has 0 amide bonds. The monoisotopic (exact) mass is 179 g/mol. The topological polar surface area (TPSA) is 50.2 Å². The maximum Gasteiger partial charge on any atom is 0.303 e. The van der Waals surface area contributed by atoms with Crippen molar-refractivity contribution in [3.63, 3.8) is 0 Å². The highest BCUT2D eigenvalue weighted by Gasteiger charge is 1.98. The minimum absolute atomic E-state index is 0.218. The number of nitrogens with zero attached hydrogens (tertiary/aromatic N) is 1. The molecule has 1 heterocycles. The molecule has 0 saturated heterocycles. The zero-order chi connectivity index (χ0) is 9.68.